The van der Waals surface area contributed by atoms with Crippen LogP contribution in [0.15, 0.2) is 0 Å². The van der Waals surface area contributed by atoms with Crippen molar-refractivity contribution in [2.24, 2.45) is 22.5 Å². The van der Waals surface area contributed by atoms with Gasteiger partial charge in [-0.2, -0.15) is 0 Å². The van der Waals surface area contributed by atoms with Crippen LogP contribution in [0.5, 0.6) is 0 Å². The second-order valence-corrected chi connectivity index (χ2v) is 6.61. The molecular formula is C13H27N. The summed E-state index contributed by atoms with van der Waals surface area (Å²) < 4.78 is 0. The maximum Gasteiger partial charge on any atom is -0.00204 e. The van der Waals surface area contributed by atoms with Gasteiger partial charge in [-0.15, -0.1) is 0 Å². The van der Waals surface area contributed by atoms with Gasteiger partial charge in [0.05, 0.1) is 0 Å². The molecule has 2 unspecified atom stereocenters. The van der Waals surface area contributed by atoms with Crippen molar-refractivity contribution >= 4 is 0 Å². The summed E-state index contributed by atoms with van der Waals surface area (Å²) in [4.78, 5) is 0. The van der Waals surface area contributed by atoms with Crippen molar-refractivity contribution in [1.29, 1.82) is 0 Å². The third kappa shape index (κ3) is 3.27. The molecule has 84 valence electrons. The minimum absolute atomic E-state index is 0.466. The van der Waals surface area contributed by atoms with E-state index >= 15 is 0 Å². The van der Waals surface area contributed by atoms with E-state index in [1.165, 1.54) is 32.1 Å². The summed E-state index contributed by atoms with van der Waals surface area (Å²) in [7, 11) is 0. The van der Waals surface area contributed by atoms with E-state index in [9.17, 15) is 0 Å². The van der Waals surface area contributed by atoms with Crippen molar-refractivity contribution in [2.75, 3.05) is 6.54 Å². The minimum atomic E-state index is 0.466. The molecule has 0 aromatic carbocycles. The lowest BCUT2D eigenvalue weighted by molar-refractivity contribution is 0.219. The van der Waals surface area contributed by atoms with Crippen molar-refractivity contribution in [1.82, 2.24) is 0 Å². The molecule has 0 aromatic rings. The van der Waals surface area contributed by atoms with E-state index in [0.717, 1.165) is 12.5 Å². The molecule has 0 heterocycles. The van der Waals surface area contributed by atoms with E-state index in [1.54, 1.807) is 0 Å². The highest BCUT2D eigenvalue weighted by Crippen LogP contribution is 2.45. The zero-order valence-electron chi connectivity index (χ0n) is 10.4. The van der Waals surface area contributed by atoms with Crippen LogP contribution in [0.4, 0.5) is 0 Å². The summed E-state index contributed by atoms with van der Waals surface area (Å²) in [5.74, 6) is 0.901. The monoisotopic (exact) mass is 197 g/mol. The van der Waals surface area contributed by atoms with Gasteiger partial charge in [-0.25, -0.2) is 0 Å². The van der Waals surface area contributed by atoms with Gasteiger partial charge in [-0.1, -0.05) is 34.1 Å². The van der Waals surface area contributed by atoms with Crippen molar-refractivity contribution < 1.29 is 0 Å². The van der Waals surface area contributed by atoms with E-state index < -0.39 is 0 Å². The Hall–Kier alpha value is -0.0400. The lowest BCUT2D eigenvalue weighted by Gasteiger charge is -2.31. The third-order valence-corrected chi connectivity index (χ3v) is 3.79. The molecule has 0 bridgehead atoms. The van der Waals surface area contributed by atoms with Crippen LogP contribution in [-0.2, 0) is 0 Å². The summed E-state index contributed by atoms with van der Waals surface area (Å²) in [6, 6.07) is 0. The highest BCUT2D eigenvalue weighted by atomic mass is 14.6. The molecule has 2 N–H and O–H groups in total. The molecule has 1 saturated carbocycles. The highest BCUT2D eigenvalue weighted by molar-refractivity contribution is 4.89. The van der Waals surface area contributed by atoms with E-state index in [1.807, 2.05) is 0 Å². The van der Waals surface area contributed by atoms with Gasteiger partial charge in [0.2, 0.25) is 0 Å². The molecule has 0 spiro atoms. The number of hydrogen-bond donors (Lipinski definition) is 1. The van der Waals surface area contributed by atoms with E-state index in [-0.39, 0.29) is 0 Å². The topological polar surface area (TPSA) is 26.0 Å². The summed E-state index contributed by atoms with van der Waals surface area (Å²) in [6.07, 6.45) is 6.76. The normalized spacial score (nSPS) is 33.6. The first kappa shape index (κ1) is 12.0. The second-order valence-electron chi connectivity index (χ2n) is 6.61. The van der Waals surface area contributed by atoms with Gasteiger partial charge in [0, 0.05) is 0 Å². The molecule has 1 nitrogen and oxygen atoms in total. The first-order valence-corrected chi connectivity index (χ1v) is 6.07. The second kappa shape index (κ2) is 4.22. The molecule has 14 heavy (non-hydrogen) atoms. The van der Waals surface area contributed by atoms with Gasteiger partial charge >= 0.3 is 0 Å². The Labute approximate surface area is 89.5 Å². The Morgan fingerprint density at radius 1 is 1.36 bits per heavy atom. The fourth-order valence-corrected chi connectivity index (χ4v) is 2.65. The standard InChI is InChI=1S/C13H27N/c1-11-5-6-13(9-11,10-14)8-7-12(2,3)4/h11H,5-10,14H2,1-4H3. The van der Waals surface area contributed by atoms with Crippen molar-refractivity contribution in [3.8, 4) is 0 Å². The number of rotatable bonds is 3. The molecule has 0 radical (unpaired) electrons. The fourth-order valence-electron chi connectivity index (χ4n) is 2.65. The zero-order valence-corrected chi connectivity index (χ0v) is 10.4. The first-order valence-electron chi connectivity index (χ1n) is 6.07. The Morgan fingerprint density at radius 2 is 2.00 bits per heavy atom. The molecule has 0 amide bonds. The van der Waals surface area contributed by atoms with Crippen LogP contribution < -0.4 is 5.73 Å². The number of hydrogen-bond acceptors (Lipinski definition) is 1. The van der Waals surface area contributed by atoms with Crippen LogP contribution in [0.1, 0.15) is 59.8 Å². The molecule has 0 saturated heterocycles. The van der Waals surface area contributed by atoms with Crippen LogP contribution in [-0.4, -0.2) is 6.54 Å². The minimum Gasteiger partial charge on any atom is -0.330 e. The van der Waals surface area contributed by atoms with Crippen LogP contribution in [0, 0.1) is 16.7 Å². The van der Waals surface area contributed by atoms with Crippen molar-refractivity contribution in [2.45, 2.75) is 59.8 Å². The third-order valence-electron chi connectivity index (χ3n) is 3.79. The largest absolute Gasteiger partial charge is 0.330 e. The lowest BCUT2D eigenvalue weighted by Crippen LogP contribution is -2.29. The molecule has 1 fully saturated rings. The predicted octanol–water partition coefficient (Wildman–Crippen LogP) is 3.58. The van der Waals surface area contributed by atoms with Crippen LogP contribution in [0.3, 0.4) is 0 Å². The zero-order chi connectivity index (χ0) is 10.8. The molecule has 2 atom stereocenters. The van der Waals surface area contributed by atoms with Gasteiger partial charge in [0.15, 0.2) is 0 Å². The SMILES string of the molecule is CC1CCC(CN)(CCC(C)(C)C)C1. The Kier molecular flexibility index (Phi) is 3.63. The predicted molar refractivity (Wildman–Crippen MR) is 63.2 cm³/mol. The smallest absolute Gasteiger partial charge is 0.00204 e. The van der Waals surface area contributed by atoms with Crippen LogP contribution in [0.2, 0.25) is 0 Å². The van der Waals surface area contributed by atoms with Crippen LogP contribution >= 0.6 is 0 Å². The highest BCUT2D eigenvalue weighted by Gasteiger charge is 2.36. The molecular weight excluding hydrogens is 170 g/mol. The quantitative estimate of drug-likeness (QED) is 0.735. The molecule has 1 rings (SSSR count). The Balaban J connectivity index is 2.47. The number of nitrogens with two attached hydrogens (primary N) is 1. The maximum atomic E-state index is 5.96. The molecule has 1 aliphatic carbocycles. The Bertz CT molecular complexity index is 180. The lowest BCUT2D eigenvalue weighted by atomic mass is 9.76. The molecule has 1 aliphatic rings. The fraction of sp³-hybridized carbons (Fsp3) is 1.00. The average Bonchev–Trinajstić information content (AvgIpc) is 2.44. The summed E-state index contributed by atoms with van der Waals surface area (Å²) in [5, 5.41) is 0. The summed E-state index contributed by atoms with van der Waals surface area (Å²) >= 11 is 0. The van der Waals surface area contributed by atoms with Gasteiger partial charge < -0.3 is 5.73 Å². The van der Waals surface area contributed by atoms with E-state index in [2.05, 4.69) is 27.7 Å². The molecule has 1 heteroatoms. The van der Waals surface area contributed by atoms with Crippen LogP contribution in [0.25, 0.3) is 0 Å². The van der Waals surface area contributed by atoms with E-state index in [0.29, 0.717) is 10.8 Å². The summed E-state index contributed by atoms with van der Waals surface area (Å²) in [6.45, 7) is 10.3. The van der Waals surface area contributed by atoms with E-state index in [4.69, 9.17) is 5.73 Å². The van der Waals surface area contributed by atoms with Crippen molar-refractivity contribution in [3.05, 3.63) is 0 Å². The molecule has 0 aromatic heterocycles. The van der Waals surface area contributed by atoms with Gasteiger partial charge in [0.25, 0.3) is 0 Å². The van der Waals surface area contributed by atoms with Gasteiger partial charge in [-0.05, 0) is 49.0 Å². The first-order chi connectivity index (χ1) is 6.37. The van der Waals surface area contributed by atoms with Gasteiger partial charge in [0.1, 0.15) is 0 Å². The van der Waals surface area contributed by atoms with Gasteiger partial charge in [-0.3, -0.25) is 0 Å². The molecule has 0 aliphatic heterocycles. The summed E-state index contributed by atoms with van der Waals surface area (Å²) in [5.41, 5.74) is 6.92. The Morgan fingerprint density at radius 3 is 2.36 bits per heavy atom. The average molecular weight is 197 g/mol. The van der Waals surface area contributed by atoms with Crippen molar-refractivity contribution in [3.63, 3.8) is 0 Å². The maximum absolute atomic E-state index is 5.96.